The van der Waals surface area contributed by atoms with E-state index in [1.165, 1.54) is 124 Å². The lowest BCUT2D eigenvalue weighted by Gasteiger charge is -2.23. The minimum atomic E-state index is -0.155. The maximum Gasteiger partial charge on any atom is 0.0541 e. The lowest BCUT2D eigenvalue weighted by molar-refractivity contribution is 0.590. The molecule has 302 valence electrons. The predicted octanol–water partition coefficient (Wildman–Crippen LogP) is 17.7. The average Bonchev–Trinajstić information content (AvgIpc) is 4.06. The van der Waals surface area contributed by atoms with E-state index in [4.69, 9.17) is 0 Å². The first-order valence-corrected chi connectivity index (χ1v) is 23.6. The topological polar surface area (TPSA) is 4.93 Å². The Kier molecular flexibility index (Phi) is 7.92. The van der Waals surface area contributed by atoms with Crippen molar-refractivity contribution in [2.24, 2.45) is 0 Å². The van der Waals surface area contributed by atoms with Crippen molar-refractivity contribution in [2.45, 2.75) is 71.6 Å². The monoisotopic (exact) mass is 835 g/mol. The van der Waals surface area contributed by atoms with E-state index < -0.39 is 0 Å². The summed E-state index contributed by atoms with van der Waals surface area (Å²) in [6.07, 6.45) is 0. The van der Waals surface area contributed by atoms with Crippen molar-refractivity contribution in [3.05, 3.63) is 174 Å². The Morgan fingerprint density at radius 2 is 0.935 bits per heavy atom. The van der Waals surface area contributed by atoms with Gasteiger partial charge in [-0.05, 0) is 154 Å². The summed E-state index contributed by atoms with van der Waals surface area (Å²) in [6.45, 7) is 18.7. The largest absolute Gasteiger partial charge is 0.309 e. The second kappa shape index (κ2) is 13.0. The first-order chi connectivity index (χ1) is 29.7. The minimum Gasteiger partial charge on any atom is -0.309 e. The Labute approximate surface area is 372 Å². The number of hydrogen-bond acceptors (Lipinski definition) is 2. The summed E-state index contributed by atoms with van der Waals surface area (Å²) in [4.78, 5) is 5.26. The molecule has 0 N–H and O–H groups in total. The fraction of sp³-hybridized carbons (Fsp3) is 0.186. The lowest BCUT2D eigenvalue weighted by Crippen LogP contribution is -2.15. The molecular formula is C59H49NS2. The maximum atomic E-state index is 2.50. The van der Waals surface area contributed by atoms with E-state index in [1.54, 1.807) is 0 Å². The fourth-order valence-corrected chi connectivity index (χ4v) is 12.6. The normalized spacial score (nSPS) is 13.9. The summed E-state index contributed by atoms with van der Waals surface area (Å²) in [5, 5.41) is 10.7. The molecule has 8 aromatic carbocycles. The molecule has 0 aliphatic heterocycles. The molecule has 0 saturated heterocycles. The summed E-state index contributed by atoms with van der Waals surface area (Å²) in [5.41, 5.74) is 14.5. The first kappa shape index (κ1) is 37.7. The molecule has 0 bridgehead atoms. The molecule has 11 aromatic rings. The number of aromatic nitrogens is 1. The van der Waals surface area contributed by atoms with Gasteiger partial charge >= 0.3 is 0 Å². The van der Waals surface area contributed by atoms with E-state index in [0.29, 0.717) is 0 Å². The number of hydrogen-bond donors (Lipinski definition) is 0. The Morgan fingerprint density at radius 1 is 0.419 bits per heavy atom. The van der Waals surface area contributed by atoms with Gasteiger partial charge in [-0.15, -0.1) is 22.7 Å². The van der Waals surface area contributed by atoms with Crippen LogP contribution < -0.4 is 0 Å². The molecule has 62 heavy (non-hydrogen) atoms. The van der Waals surface area contributed by atoms with E-state index in [1.807, 2.05) is 22.7 Å². The van der Waals surface area contributed by atoms with Crippen LogP contribution in [-0.4, -0.2) is 4.57 Å². The predicted molar refractivity (Wildman–Crippen MR) is 272 cm³/mol. The van der Waals surface area contributed by atoms with Crippen molar-refractivity contribution in [1.29, 1.82) is 0 Å². The van der Waals surface area contributed by atoms with Crippen molar-refractivity contribution < 1.29 is 0 Å². The van der Waals surface area contributed by atoms with E-state index >= 15 is 0 Å². The highest BCUT2D eigenvalue weighted by Crippen LogP contribution is 2.52. The zero-order chi connectivity index (χ0) is 42.4. The van der Waals surface area contributed by atoms with Crippen molar-refractivity contribution in [1.82, 2.24) is 4.57 Å². The molecule has 0 fully saturated rings. The van der Waals surface area contributed by atoms with Gasteiger partial charge in [0.2, 0.25) is 0 Å². The summed E-state index contributed by atoms with van der Waals surface area (Å²) < 4.78 is 2.50. The highest BCUT2D eigenvalue weighted by Gasteiger charge is 2.36. The SMILES string of the molecule is CC(C)(C)c1ccc2c(c1)c1cc(C(C)(C)C)ccc1n2-c1ccc2c(c1)C(C)(C)c1cc(-c3ccc(-c4ccc(-c5ccc6ccc7cccc8ccc5c6c78)s4)s3)ccc1-2. The molecule has 1 aliphatic rings. The molecule has 12 rings (SSSR count). The zero-order valence-corrected chi connectivity index (χ0v) is 38.3. The van der Waals surface area contributed by atoms with Crippen molar-refractivity contribution >= 4 is 76.8 Å². The molecule has 0 atom stereocenters. The third-order valence-corrected chi connectivity index (χ3v) is 16.4. The molecule has 0 radical (unpaired) electrons. The summed E-state index contributed by atoms with van der Waals surface area (Å²) in [6, 6.07) is 58.3. The molecule has 3 heteroatoms. The Bertz CT molecular complexity index is 3540. The Balaban J connectivity index is 0.891. The smallest absolute Gasteiger partial charge is 0.0541 e. The van der Waals surface area contributed by atoms with Gasteiger partial charge in [-0.2, -0.15) is 0 Å². The van der Waals surface area contributed by atoms with Gasteiger partial charge in [0, 0.05) is 41.4 Å². The van der Waals surface area contributed by atoms with Crippen LogP contribution in [-0.2, 0) is 16.2 Å². The molecule has 3 heterocycles. The minimum absolute atomic E-state index is 0.0673. The van der Waals surface area contributed by atoms with Crippen LogP contribution in [0.2, 0.25) is 0 Å². The molecular weight excluding hydrogens is 787 g/mol. The molecule has 0 saturated carbocycles. The van der Waals surface area contributed by atoms with E-state index in [0.717, 1.165) is 0 Å². The Hall–Kier alpha value is -6.00. The van der Waals surface area contributed by atoms with Gasteiger partial charge in [-0.1, -0.05) is 140 Å². The van der Waals surface area contributed by atoms with Gasteiger partial charge in [-0.25, -0.2) is 0 Å². The van der Waals surface area contributed by atoms with Gasteiger partial charge in [0.25, 0.3) is 0 Å². The van der Waals surface area contributed by atoms with Crippen LogP contribution in [0.5, 0.6) is 0 Å². The van der Waals surface area contributed by atoms with Crippen LogP contribution >= 0.6 is 22.7 Å². The van der Waals surface area contributed by atoms with E-state index in [9.17, 15) is 0 Å². The molecule has 1 nitrogen and oxygen atoms in total. The highest BCUT2D eigenvalue weighted by atomic mass is 32.1. The summed E-state index contributed by atoms with van der Waals surface area (Å²) in [5.74, 6) is 0. The van der Waals surface area contributed by atoms with Gasteiger partial charge in [0.1, 0.15) is 0 Å². The van der Waals surface area contributed by atoms with Gasteiger partial charge in [-0.3, -0.25) is 0 Å². The van der Waals surface area contributed by atoms with Gasteiger partial charge in [0.15, 0.2) is 0 Å². The highest BCUT2D eigenvalue weighted by molar-refractivity contribution is 7.25. The van der Waals surface area contributed by atoms with Gasteiger partial charge < -0.3 is 4.57 Å². The quantitative estimate of drug-likeness (QED) is 0.156. The second-order valence-corrected chi connectivity index (χ2v) is 22.4. The zero-order valence-electron chi connectivity index (χ0n) is 36.7. The van der Waals surface area contributed by atoms with Crippen LogP contribution in [0, 0.1) is 0 Å². The molecule has 1 aliphatic carbocycles. The first-order valence-electron chi connectivity index (χ1n) is 22.0. The number of rotatable bonds is 4. The van der Waals surface area contributed by atoms with E-state index in [2.05, 4.69) is 212 Å². The maximum absolute atomic E-state index is 2.50. The van der Waals surface area contributed by atoms with Crippen LogP contribution in [0.25, 0.3) is 102 Å². The number of benzene rings is 8. The third kappa shape index (κ3) is 5.57. The fourth-order valence-electron chi connectivity index (χ4n) is 10.4. The summed E-state index contributed by atoms with van der Waals surface area (Å²) in [7, 11) is 0. The molecule has 0 unspecified atom stereocenters. The molecule has 3 aromatic heterocycles. The lowest BCUT2D eigenvalue weighted by atomic mass is 9.81. The van der Waals surface area contributed by atoms with Gasteiger partial charge in [0.05, 0.1) is 11.0 Å². The van der Waals surface area contributed by atoms with Crippen LogP contribution in [0.3, 0.4) is 0 Å². The van der Waals surface area contributed by atoms with Crippen LogP contribution in [0.1, 0.15) is 77.6 Å². The van der Waals surface area contributed by atoms with Crippen LogP contribution in [0.15, 0.2) is 152 Å². The summed E-state index contributed by atoms with van der Waals surface area (Å²) >= 11 is 3.80. The van der Waals surface area contributed by atoms with Crippen molar-refractivity contribution in [2.75, 3.05) is 0 Å². The third-order valence-electron chi connectivity index (χ3n) is 13.9. The average molecular weight is 836 g/mol. The Morgan fingerprint density at radius 3 is 1.58 bits per heavy atom. The van der Waals surface area contributed by atoms with Crippen molar-refractivity contribution in [3.63, 3.8) is 0 Å². The number of thiophene rings is 2. The number of nitrogens with zero attached hydrogens (tertiary/aromatic N) is 1. The van der Waals surface area contributed by atoms with Crippen LogP contribution in [0.4, 0.5) is 0 Å². The molecule has 0 amide bonds. The van der Waals surface area contributed by atoms with E-state index in [-0.39, 0.29) is 16.2 Å². The standard InChI is InChI=1S/C59H49NS2/c1-57(2,3)38-17-24-49-45(31-38)46-32-39(58(4,5)6)18-25-50(46)60(49)40-19-23-42-41-20-16-37(30-47(41)59(7,8)48(42)33-40)51-26-28-53(61-51)54-29-27-52(62-54)43-21-14-36-13-12-34-10-9-11-35-15-22-44(43)56(36)55(34)35/h9-33H,1-8H3. The van der Waals surface area contributed by atoms with Crippen molar-refractivity contribution in [3.8, 4) is 47.4 Å². The molecule has 0 spiro atoms. The number of fused-ring (bicyclic) bond motifs is 6. The second-order valence-electron chi connectivity index (χ2n) is 20.2.